The molecule has 72 heavy (non-hydrogen) atoms. The van der Waals surface area contributed by atoms with Crippen LogP contribution in [0, 0.1) is 0 Å². The summed E-state index contributed by atoms with van der Waals surface area (Å²) in [5.74, 6) is -0.855. The number of allylic oxidation sites excluding steroid dienone is 4. The third-order valence-corrected chi connectivity index (χ3v) is 14.7. The van der Waals surface area contributed by atoms with Crippen LogP contribution < -0.4 is 0 Å². The predicted molar refractivity (Wildman–Crippen MR) is 312 cm³/mol. The number of hydrogen-bond acceptors (Lipinski definition) is 6. The molecule has 0 spiro atoms. The summed E-state index contributed by atoms with van der Waals surface area (Å²) < 4.78 is 16.8. The molecule has 0 aliphatic rings. The van der Waals surface area contributed by atoms with Gasteiger partial charge >= 0.3 is 17.9 Å². The molecule has 6 heteroatoms. The van der Waals surface area contributed by atoms with Crippen LogP contribution in [0.2, 0.25) is 0 Å². The number of rotatable bonds is 60. The van der Waals surface area contributed by atoms with E-state index >= 15 is 0 Å². The number of esters is 3. The Bertz CT molecular complexity index is 1160. The second-order valence-corrected chi connectivity index (χ2v) is 22.0. The maximum absolute atomic E-state index is 12.8. The quantitative estimate of drug-likeness (QED) is 0.0261. The molecule has 0 bridgehead atoms. The van der Waals surface area contributed by atoms with Crippen LogP contribution in [-0.2, 0) is 28.6 Å². The van der Waals surface area contributed by atoms with Crippen LogP contribution in [0.4, 0.5) is 0 Å². The summed E-state index contributed by atoms with van der Waals surface area (Å²) in [6.45, 7) is 6.61. The maximum Gasteiger partial charge on any atom is 0.306 e. The molecule has 0 aromatic heterocycles. The normalized spacial score (nSPS) is 12.1. The van der Waals surface area contributed by atoms with Crippen LogP contribution in [-0.4, -0.2) is 37.2 Å². The molecule has 0 rings (SSSR count). The number of ether oxygens (including phenoxy) is 3. The lowest BCUT2D eigenvalue weighted by Crippen LogP contribution is -2.30. The van der Waals surface area contributed by atoms with E-state index in [0.29, 0.717) is 19.3 Å². The highest BCUT2D eigenvalue weighted by Gasteiger charge is 2.19. The van der Waals surface area contributed by atoms with Gasteiger partial charge in [0, 0.05) is 19.3 Å². The van der Waals surface area contributed by atoms with Crippen molar-refractivity contribution in [1.82, 2.24) is 0 Å². The van der Waals surface area contributed by atoms with Crippen molar-refractivity contribution in [2.45, 2.75) is 367 Å². The van der Waals surface area contributed by atoms with Gasteiger partial charge in [-0.2, -0.15) is 0 Å². The van der Waals surface area contributed by atoms with Crippen LogP contribution in [0.25, 0.3) is 0 Å². The van der Waals surface area contributed by atoms with E-state index in [1.807, 2.05) is 0 Å². The van der Waals surface area contributed by atoms with Gasteiger partial charge in [0.2, 0.25) is 0 Å². The Kier molecular flexibility index (Phi) is 59.6. The van der Waals surface area contributed by atoms with Crippen molar-refractivity contribution in [3.63, 3.8) is 0 Å². The Labute approximate surface area is 449 Å². The van der Waals surface area contributed by atoms with E-state index in [0.717, 1.165) is 70.6 Å². The van der Waals surface area contributed by atoms with E-state index < -0.39 is 6.10 Å². The first-order valence-electron chi connectivity index (χ1n) is 32.3. The molecule has 1 unspecified atom stereocenters. The molecule has 0 heterocycles. The minimum atomic E-state index is -0.763. The first-order valence-corrected chi connectivity index (χ1v) is 32.3. The fraction of sp³-hybridized carbons (Fsp3) is 0.894. The highest BCUT2D eigenvalue weighted by atomic mass is 16.6. The van der Waals surface area contributed by atoms with Crippen molar-refractivity contribution in [1.29, 1.82) is 0 Å². The standard InChI is InChI=1S/C66H124O6/c1-4-7-10-13-15-17-19-21-23-25-27-29-30-31-32-33-34-35-36-37-39-40-42-44-46-48-50-53-56-59-65(68)71-62-63(61-70-64(67)58-55-52-12-9-6-3)72-66(69)60-57-54-51-49-47-45-43-41-38-28-26-24-22-20-18-16-14-11-8-5-2/h19,21,25,27,63H,4-18,20,22-24,26,28-62H2,1-3H3/b21-19-,27-25-. The average molecular weight is 1010 g/mol. The fourth-order valence-corrected chi connectivity index (χ4v) is 9.83. The average Bonchev–Trinajstić information content (AvgIpc) is 3.38. The highest BCUT2D eigenvalue weighted by Crippen LogP contribution is 2.18. The second kappa shape index (κ2) is 61.4. The summed E-state index contributed by atoms with van der Waals surface area (Å²) >= 11 is 0. The van der Waals surface area contributed by atoms with Gasteiger partial charge in [-0.05, 0) is 51.4 Å². The third-order valence-electron chi connectivity index (χ3n) is 14.7. The third kappa shape index (κ3) is 58.8. The van der Waals surface area contributed by atoms with Crippen LogP contribution in [0.5, 0.6) is 0 Å². The molecule has 0 aromatic carbocycles. The molecule has 0 saturated heterocycles. The van der Waals surface area contributed by atoms with Gasteiger partial charge in [0.1, 0.15) is 13.2 Å². The summed E-state index contributed by atoms with van der Waals surface area (Å²) in [6.07, 6.45) is 73.9. The lowest BCUT2D eigenvalue weighted by atomic mass is 10.0. The van der Waals surface area contributed by atoms with Crippen LogP contribution >= 0.6 is 0 Å². The zero-order chi connectivity index (χ0) is 52.2. The molecule has 424 valence electrons. The van der Waals surface area contributed by atoms with Gasteiger partial charge in [0.25, 0.3) is 0 Å². The molecule has 0 radical (unpaired) electrons. The largest absolute Gasteiger partial charge is 0.462 e. The zero-order valence-corrected chi connectivity index (χ0v) is 48.7. The Morgan fingerprint density at radius 1 is 0.278 bits per heavy atom. The van der Waals surface area contributed by atoms with Gasteiger partial charge in [0.15, 0.2) is 6.10 Å². The SMILES string of the molecule is CCCCCCC/C=C\C/C=C\CCCCCCCCCCCCCCCCCCCC(=O)OCC(COC(=O)CCCCCCC)OC(=O)CCCCCCCCCCCCCCCCCCCCCC. The van der Waals surface area contributed by atoms with Crippen molar-refractivity contribution >= 4 is 17.9 Å². The van der Waals surface area contributed by atoms with Gasteiger partial charge in [-0.15, -0.1) is 0 Å². The predicted octanol–water partition coefficient (Wildman–Crippen LogP) is 21.8. The Hall–Kier alpha value is -2.11. The minimum Gasteiger partial charge on any atom is -0.462 e. The molecule has 0 aliphatic carbocycles. The Morgan fingerprint density at radius 2 is 0.500 bits per heavy atom. The van der Waals surface area contributed by atoms with E-state index in [1.165, 1.54) is 250 Å². The monoisotopic (exact) mass is 1010 g/mol. The van der Waals surface area contributed by atoms with Crippen molar-refractivity contribution in [3.05, 3.63) is 24.3 Å². The molecule has 0 fully saturated rings. The number of hydrogen-bond donors (Lipinski definition) is 0. The smallest absolute Gasteiger partial charge is 0.306 e. The lowest BCUT2D eigenvalue weighted by Gasteiger charge is -2.18. The molecular weight excluding hydrogens is 889 g/mol. The van der Waals surface area contributed by atoms with E-state index in [2.05, 4.69) is 45.1 Å². The Balaban J connectivity index is 3.94. The summed E-state index contributed by atoms with van der Waals surface area (Å²) in [7, 11) is 0. The molecule has 1 atom stereocenters. The first-order chi connectivity index (χ1) is 35.5. The van der Waals surface area contributed by atoms with Gasteiger partial charge in [-0.1, -0.05) is 315 Å². The minimum absolute atomic E-state index is 0.0656. The van der Waals surface area contributed by atoms with Crippen LogP contribution in [0.1, 0.15) is 361 Å². The number of carbonyl (C=O) groups excluding carboxylic acids is 3. The maximum atomic E-state index is 12.8. The zero-order valence-electron chi connectivity index (χ0n) is 48.7. The van der Waals surface area contributed by atoms with Gasteiger partial charge in [-0.25, -0.2) is 0 Å². The molecule has 0 aromatic rings. The molecule has 0 saturated carbocycles. The van der Waals surface area contributed by atoms with E-state index in [-0.39, 0.29) is 31.1 Å². The highest BCUT2D eigenvalue weighted by molar-refractivity contribution is 5.71. The molecule has 0 aliphatic heterocycles. The van der Waals surface area contributed by atoms with Gasteiger partial charge in [-0.3, -0.25) is 14.4 Å². The van der Waals surface area contributed by atoms with Crippen molar-refractivity contribution in [2.75, 3.05) is 13.2 Å². The van der Waals surface area contributed by atoms with Crippen LogP contribution in [0.15, 0.2) is 24.3 Å². The van der Waals surface area contributed by atoms with E-state index in [9.17, 15) is 14.4 Å². The summed E-state index contributed by atoms with van der Waals surface area (Å²) in [5, 5.41) is 0. The van der Waals surface area contributed by atoms with E-state index in [4.69, 9.17) is 14.2 Å². The van der Waals surface area contributed by atoms with Gasteiger partial charge in [0.05, 0.1) is 0 Å². The summed E-state index contributed by atoms with van der Waals surface area (Å²) in [4.78, 5) is 37.9. The lowest BCUT2D eigenvalue weighted by molar-refractivity contribution is -0.167. The second-order valence-electron chi connectivity index (χ2n) is 22.0. The summed E-state index contributed by atoms with van der Waals surface area (Å²) in [5.41, 5.74) is 0. The topological polar surface area (TPSA) is 78.9 Å². The van der Waals surface area contributed by atoms with Gasteiger partial charge < -0.3 is 14.2 Å². The van der Waals surface area contributed by atoms with E-state index in [1.54, 1.807) is 0 Å². The van der Waals surface area contributed by atoms with Crippen molar-refractivity contribution < 1.29 is 28.6 Å². The number of carbonyl (C=O) groups is 3. The number of unbranched alkanes of at least 4 members (excludes halogenated alkanes) is 45. The molecule has 0 amide bonds. The van der Waals surface area contributed by atoms with Crippen molar-refractivity contribution in [2.24, 2.45) is 0 Å². The first kappa shape index (κ1) is 69.9. The van der Waals surface area contributed by atoms with Crippen molar-refractivity contribution in [3.8, 4) is 0 Å². The summed E-state index contributed by atoms with van der Waals surface area (Å²) in [6, 6.07) is 0. The molecular formula is C66H124O6. The Morgan fingerprint density at radius 3 is 0.764 bits per heavy atom. The molecule has 0 N–H and O–H groups in total. The van der Waals surface area contributed by atoms with Crippen LogP contribution in [0.3, 0.4) is 0 Å². The molecule has 6 nitrogen and oxygen atoms in total. The fourth-order valence-electron chi connectivity index (χ4n) is 9.83.